The number of hydrogen-bond acceptors (Lipinski definition) is 9. The number of rotatable bonds is 12. The van der Waals surface area contributed by atoms with Crippen molar-refractivity contribution in [2.24, 2.45) is 17.6 Å². The van der Waals surface area contributed by atoms with Crippen LogP contribution in [0.25, 0.3) is 0 Å². The number of phenolic OH excluding ortho intramolecular Hbond substituents is 1. The fourth-order valence-electron chi connectivity index (χ4n) is 6.65. The maximum Gasteiger partial charge on any atom is 0.417 e. The Hall–Kier alpha value is -3.13. The van der Waals surface area contributed by atoms with Crippen LogP contribution in [0.2, 0.25) is 0 Å². The molecule has 0 saturated carbocycles. The summed E-state index contributed by atoms with van der Waals surface area (Å²) in [5.41, 5.74) is 3.34. The van der Waals surface area contributed by atoms with Crippen molar-refractivity contribution in [1.29, 1.82) is 0 Å². The summed E-state index contributed by atoms with van der Waals surface area (Å²) >= 11 is 0. The van der Waals surface area contributed by atoms with Crippen molar-refractivity contribution in [3.63, 3.8) is 0 Å². The lowest BCUT2D eigenvalue weighted by Crippen LogP contribution is -2.43. The van der Waals surface area contributed by atoms with Gasteiger partial charge in [-0.3, -0.25) is 24.6 Å². The Labute approximate surface area is 249 Å². The number of Topliss-reactive ketones (excluding diaryl/α,β-unsaturated/α-hetero) is 1. The van der Waals surface area contributed by atoms with E-state index >= 15 is 0 Å². The van der Waals surface area contributed by atoms with Gasteiger partial charge in [-0.05, 0) is 75.9 Å². The lowest BCUT2D eigenvalue weighted by Gasteiger charge is -2.40. The number of carbonyl (C=O) groups is 2. The monoisotopic (exact) mass is 613 g/mol. The highest BCUT2D eigenvalue weighted by Gasteiger charge is 2.47. The molecule has 1 aromatic rings. The number of fused-ring (bicyclic) bond motifs is 2. The van der Waals surface area contributed by atoms with E-state index in [9.17, 15) is 38.1 Å². The van der Waals surface area contributed by atoms with Crippen LogP contribution in [0.1, 0.15) is 73.5 Å². The zero-order valence-corrected chi connectivity index (χ0v) is 25.2. The molecule has 10 nitrogen and oxygen atoms in total. The van der Waals surface area contributed by atoms with Gasteiger partial charge in [0.2, 0.25) is 5.91 Å². The first-order chi connectivity index (χ1) is 20.1. The SMILES string of the molecule is CCC(C)N(CC)Cc1cc(O)c2c(c1C(F)(F)F)C[C@H]1C[C@@H]([C@@H](/C(O)=C(\CCOO)C(N)=O)N(C)C)CC(O)=C1C2=O. The number of carbonyl (C=O) groups excluding carboxylic acids is 2. The molecular weight excluding hydrogens is 571 g/mol. The standard InChI is InChI=1S/C30H42F3N3O7/c1-6-15(3)36(7-2)14-18-13-22(38)24-20(25(18)30(31,32)33)11-16-10-17(12-21(37)23(16)28(24)40)26(35(4)5)27(39)19(29(34)41)8-9-43-42/h13,15-17,26,37-39,42H,6-12,14H2,1-5H3,(H2,34,41)/b27-19-/t15?,16-,17-,26+/m1/s1. The number of alkyl halides is 3. The van der Waals surface area contributed by atoms with E-state index < -0.39 is 58.4 Å². The molecule has 43 heavy (non-hydrogen) atoms. The van der Waals surface area contributed by atoms with E-state index in [2.05, 4.69) is 4.89 Å². The van der Waals surface area contributed by atoms with Crippen molar-refractivity contribution in [2.75, 3.05) is 27.2 Å². The van der Waals surface area contributed by atoms with Gasteiger partial charge in [0.1, 0.15) is 11.5 Å². The van der Waals surface area contributed by atoms with Crippen LogP contribution in [-0.2, 0) is 28.8 Å². The predicted molar refractivity (Wildman–Crippen MR) is 152 cm³/mol. The molecule has 1 unspecified atom stereocenters. The van der Waals surface area contributed by atoms with Crippen molar-refractivity contribution in [3.8, 4) is 5.75 Å². The number of hydrogen-bond donors (Lipinski definition) is 5. The topological polar surface area (TPSA) is 157 Å². The molecule has 3 rings (SSSR count). The number of nitrogens with two attached hydrogens (primary N) is 1. The molecule has 240 valence electrons. The summed E-state index contributed by atoms with van der Waals surface area (Å²) in [5.74, 6) is -4.61. The quantitative estimate of drug-likeness (QED) is 0.0974. The van der Waals surface area contributed by atoms with Crippen LogP contribution in [-0.4, -0.2) is 81.4 Å². The highest BCUT2D eigenvalue weighted by Crippen LogP contribution is 2.49. The Balaban J connectivity index is 2.14. The third-order valence-electron chi connectivity index (χ3n) is 8.79. The second kappa shape index (κ2) is 13.7. The van der Waals surface area contributed by atoms with E-state index in [0.29, 0.717) is 13.0 Å². The van der Waals surface area contributed by atoms with Crippen LogP contribution in [0.5, 0.6) is 5.75 Å². The molecule has 2 aliphatic carbocycles. The number of nitrogens with zero attached hydrogens (tertiary/aromatic N) is 2. The second-order valence-electron chi connectivity index (χ2n) is 11.6. The van der Waals surface area contributed by atoms with Gasteiger partial charge in [0.15, 0.2) is 5.78 Å². The van der Waals surface area contributed by atoms with Crippen molar-refractivity contribution in [1.82, 2.24) is 9.80 Å². The molecule has 6 N–H and O–H groups in total. The Morgan fingerprint density at radius 1 is 1.21 bits per heavy atom. The molecule has 0 saturated heterocycles. The maximum atomic E-state index is 14.7. The van der Waals surface area contributed by atoms with Gasteiger partial charge < -0.3 is 21.1 Å². The number of ketones is 1. The van der Waals surface area contributed by atoms with Crippen LogP contribution in [0.4, 0.5) is 13.2 Å². The van der Waals surface area contributed by atoms with Gasteiger partial charge in [0.05, 0.1) is 35.1 Å². The fraction of sp³-hybridized carbons (Fsp3) is 0.600. The van der Waals surface area contributed by atoms with Crippen LogP contribution in [0.15, 0.2) is 28.7 Å². The van der Waals surface area contributed by atoms with Gasteiger partial charge in [-0.2, -0.15) is 13.2 Å². The number of halogens is 3. The van der Waals surface area contributed by atoms with Gasteiger partial charge in [-0.15, -0.1) is 0 Å². The number of aliphatic hydroxyl groups is 2. The molecule has 1 aromatic carbocycles. The number of primary amides is 1. The third-order valence-corrected chi connectivity index (χ3v) is 8.79. The predicted octanol–water partition coefficient (Wildman–Crippen LogP) is 4.72. The fourth-order valence-corrected chi connectivity index (χ4v) is 6.65. The first kappa shape index (κ1) is 34.4. The molecule has 1 amide bonds. The summed E-state index contributed by atoms with van der Waals surface area (Å²) in [7, 11) is 3.23. The number of allylic oxidation sites excluding steroid dienone is 2. The van der Waals surface area contributed by atoms with E-state index in [0.717, 1.165) is 6.07 Å². The third kappa shape index (κ3) is 7.00. The van der Waals surface area contributed by atoms with Crippen LogP contribution < -0.4 is 5.73 Å². The zero-order valence-electron chi connectivity index (χ0n) is 25.2. The van der Waals surface area contributed by atoms with Crippen LogP contribution >= 0.6 is 0 Å². The summed E-state index contributed by atoms with van der Waals surface area (Å²) in [4.78, 5) is 33.2. The van der Waals surface area contributed by atoms with E-state index in [1.165, 1.54) is 0 Å². The van der Waals surface area contributed by atoms with Crippen molar-refractivity contribution in [3.05, 3.63) is 51.0 Å². The van der Waals surface area contributed by atoms with Crippen molar-refractivity contribution < 1.29 is 48.2 Å². The molecule has 4 atom stereocenters. The molecule has 0 aliphatic heterocycles. The largest absolute Gasteiger partial charge is 0.512 e. The molecule has 0 bridgehead atoms. The van der Waals surface area contributed by atoms with E-state index in [1.807, 2.05) is 25.7 Å². The first-order valence-electron chi connectivity index (χ1n) is 14.4. The Morgan fingerprint density at radius 2 is 1.86 bits per heavy atom. The van der Waals surface area contributed by atoms with Crippen molar-refractivity contribution in [2.45, 2.75) is 77.7 Å². The molecule has 0 aromatic heterocycles. The highest BCUT2D eigenvalue weighted by atomic mass is 19.4. The maximum absolute atomic E-state index is 14.7. The summed E-state index contributed by atoms with van der Waals surface area (Å²) in [6.45, 7) is 5.76. The molecule has 13 heteroatoms. The molecular formula is C30H42F3N3O7. The Bertz CT molecular complexity index is 1290. The van der Waals surface area contributed by atoms with Gasteiger partial charge in [0.25, 0.3) is 0 Å². The zero-order chi connectivity index (χ0) is 32.4. The number of likely N-dealkylation sites (N-methyl/N-ethyl adjacent to an activating group) is 1. The summed E-state index contributed by atoms with van der Waals surface area (Å²) in [5, 5.41) is 41.8. The molecule has 0 fully saturated rings. The van der Waals surface area contributed by atoms with E-state index in [1.54, 1.807) is 19.0 Å². The molecule has 0 heterocycles. The van der Waals surface area contributed by atoms with Gasteiger partial charge in [-0.1, -0.05) is 13.8 Å². The molecule has 0 spiro atoms. The lowest BCUT2D eigenvalue weighted by atomic mass is 9.67. The summed E-state index contributed by atoms with van der Waals surface area (Å²) in [6.07, 6.45) is -4.62. The number of aromatic hydroxyl groups is 1. The van der Waals surface area contributed by atoms with Gasteiger partial charge in [0, 0.05) is 31.0 Å². The Morgan fingerprint density at radius 3 is 2.37 bits per heavy atom. The normalized spacial score (nSPS) is 21.0. The number of aliphatic hydroxyl groups excluding tert-OH is 2. The van der Waals surface area contributed by atoms with Crippen molar-refractivity contribution >= 4 is 11.7 Å². The van der Waals surface area contributed by atoms with E-state index in [-0.39, 0.29) is 72.9 Å². The highest BCUT2D eigenvalue weighted by molar-refractivity contribution is 6.13. The number of amides is 1. The first-order valence-corrected chi connectivity index (χ1v) is 14.4. The Kier molecular flexibility index (Phi) is 10.9. The van der Waals surface area contributed by atoms with E-state index in [4.69, 9.17) is 11.0 Å². The minimum absolute atomic E-state index is 0.0191. The minimum atomic E-state index is -4.82. The summed E-state index contributed by atoms with van der Waals surface area (Å²) < 4.78 is 44.2. The molecule has 0 radical (unpaired) electrons. The summed E-state index contributed by atoms with van der Waals surface area (Å²) in [6, 6.07) is 0.0897. The van der Waals surface area contributed by atoms with Gasteiger partial charge in [-0.25, -0.2) is 4.89 Å². The minimum Gasteiger partial charge on any atom is -0.512 e. The number of phenols is 1. The lowest BCUT2D eigenvalue weighted by molar-refractivity contribution is -0.241. The molecule has 2 aliphatic rings. The van der Waals surface area contributed by atoms with Gasteiger partial charge >= 0.3 is 6.18 Å². The second-order valence-corrected chi connectivity index (χ2v) is 11.6. The van der Waals surface area contributed by atoms with Crippen LogP contribution in [0, 0.1) is 11.8 Å². The average Bonchev–Trinajstić information content (AvgIpc) is 2.89. The smallest absolute Gasteiger partial charge is 0.417 e. The van der Waals surface area contributed by atoms with Crippen LogP contribution in [0.3, 0.4) is 0 Å². The average molecular weight is 614 g/mol. The number of benzene rings is 1.